The van der Waals surface area contributed by atoms with Crippen LogP contribution in [0.5, 0.6) is 0 Å². The number of carbonyl (C=O) groups is 1. The summed E-state index contributed by atoms with van der Waals surface area (Å²) in [5.41, 5.74) is 1.36. The maximum absolute atomic E-state index is 11.7. The summed E-state index contributed by atoms with van der Waals surface area (Å²) < 4.78 is 1.19. The molecule has 1 saturated carbocycles. The topological polar surface area (TPSA) is 17.1 Å². The number of halogens is 1. The van der Waals surface area contributed by atoms with Crippen LogP contribution in [0.4, 0.5) is 0 Å². The number of carbonyl (C=O) groups excluding carboxylic acids is 1. The summed E-state index contributed by atoms with van der Waals surface area (Å²) in [6.07, 6.45) is 7.56. The van der Waals surface area contributed by atoms with Crippen LogP contribution in [-0.2, 0) is 11.2 Å². The highest BCUT2D eigenvalue weighted by molar-refractivity contribution is 9.10. The van der Waals surface area contributed by atoms with Crippen LogP contribution in [0.1, 0.15) is 44.1 Å². The number of rotatable bonds is 4. The van der Waals surface area contributed by atoms with Crippen LogP contribution in [0.25, 0.3) is 0 Å². The second-order valence-electron chi connectivity index (χ2n) is 4.89. The van der Waals surface area contributed by atoms with Crippen molar-refractivity contribution in [2.45, 2.75) is 44.9 Å². The summed E-state index contributed by atoms with van der Waals surface area (Å²) in [6.45, 7) is 0. The zero-order valence-electron chi connectivity index (χ0n) is 10.1. The molecule has 17 heavy (non-hydrogen) atoms. The third-order valence-electron chi connectivity index (χ3n) is 3.64. The summed E-state index contributed by atoms with van der Waals surface area (Å²) >= 11 is 3.57. The summed E-state index contributed by atoms with van der Waals surface area (Å²) in [7, 11) is 0. The fraction of sp³-hybridized carbons (Fsp3) is 0.533. The van der Waals surface area contributed by atoms with E-state index in [0.29, 0.717) is 11.7 Å². The Bertz CT molecular complexity index is 386. The second-order valence-corrected chi connectivity index (χ2v) is 5.75. The molecular formula is C15H19BrO. The molecule has 1 unspecified atom stereocenters. The lowest BCUT2D eigenvalue weighted by molar-refractivity contribution is -0.124. The van der Waals surface area contributed by atoms with E-state index in [1.807, 2.05) is 6.07 Å². The molecule has 92 valence electrons. The molecule has 0 saturated heterocycles. The Morgan fingerprint density at radius 3 is 2.82 bits per heavy atom. The van der Waals surface area contributed by atoms with E-state index in [4.69, 9.17) is 0 Å². The molecule has 1 aromatic carbocycles. The van der Waals surface area contributed by atoms with Crippen molar-refractivity contribution in [2.24, 2.45) is 5.92 Å². The van der Waals surface area contributed by atoms with Gasteiger partial charge in [-0.1, -0.05) is 40.5 Å². The molecule has 2 heteroatoms. The Labute approximate surface area is 112 Å². The first-order valence-corrected chi connectivity index (χ1v) is 7.33. The van der Waals surface area contributed by atoms with E-state index in [-0.39, 0.29) is 0 Å². The molecule has 0 heterocycles. The highest BCUT2D eigenvalue weighted by Crippen LogP contribution is 2.26. The highest BCUT2D eigenvalue weighted by atomic mass is 79.9. The molecule has 0 spiro atoms. The van der Waals surface area contributed by atoms with Gasteiger partial charge in [-0.25, -0.2) is 0 Å². The minimum absolute atomic E-state index is 0.353. The molecule has 1 aromatic rings. The van der Waals surface area contributed by atoms with E-state index < -0.39 is 0 Å². The maximum atomic E-state index is 11.7. The number of ketones is 1. The normalized spacial score (nSPS) is 20.5. The first kappa shape index (κ1) is 12.8. The van der Waals surface area contributed by atoms with Crippen LogP contribution in [0.3, 0.4) is 0 Å². The number of Topliss-reactive ketones (excluding diaryl/α,β-unsaturated/α-hetero) is 1. The van der Waals surface area contributed by atoms with Gasteiger partial charge >= 0.3 is 0 Å². The van der Waals surface area contributed by atoms with Crippen LogP contribution in [0.15, 0.2) is 28.7 Å². The molecule has 0 amide bonds. The molecule has 1 aliphatic carbocycles. The van der Waals surface area contributed by atoms with Crippen molar-refractivity contribution in [3.05, 3.63) is 34.3 Å². The lowest BCUT2D eigenvalue weighted by atomic mass is 9.84. The quantitative estimate of drug-likeness (QED) is 0.797. The molecular weight excluding hydrogens is 276 g/mol. The lowest BCUT2D eigenvalue weighted by Crippen LogP contribution is -2.18. The van der Waals surface area contributed by atoms with Gasteiger partial charge in [0.25, 0.3) is 0 Å². The van der Waals surface area contributed by atoms with Crippen LogP contribution in [-0.4, -0.2) is 5.78 Å². The predicted octanol–water partition coefficient (Wildman–Crippen LogP) is 4.53. The van der Waals surface area contributed by atoms with E-state index in [1.54, 1.807) is 0 Å². The van der Waals surface area contributed by atoms with E-state index in [9.17, 15) is 4.79 Å². The van der Waals surface area contributed by atoms with Crippen molar-refractivity contribution in [3.63, 3.8) is 0 Å². The van der Waals surface area contributed by atoms with E-state index in [1.165, 1.54) is 16.5 Å². The first-order valence-electron chi connectivity index (χ1n) is 6.53. The smallest absolute Gasteiger partial charge is 0.135 e. The van der Waals surface area contributed by atoms with Gasteiger partial charge in [0.2, 0.25) is 0 Å². The lowest BCUT2D eigenvalue weighted by Gasteiger charge is -2.20. The summed E-state index contributed by atoms with van der Waals surface area (Å²) in [5, 5.41) is 0. The molecule has 1 atom stereocenters. The molecule has 1 aliphatic rings. The SMILES string of the molecule is O=C1CCCCC1CCCc1ccccc1Br. The van der Waals surface area contributed by atoms with Crippen LogP contribution in [0, 0.1) is 5.92 Å². The number of aryl methyl sites for hydroxylation is 1. The predicted molar refractivity (Wildman–Crippen MR) is 74.0 cm³/mol. The minimum atomic E-state index is 0.353. The summed E-state index contributed by atoms with van der Waals surface area (Å²) in [5.74, 6) is 0.856. The minimum Gasteiger partial charge on any atom is -0.299 e. The monoisotopic (exact) mass is 294 g/mol. The van der Waals surface area contributed by atoms with E-state index in [0.717, 1.165) is 38.5 Å². The van der Waals surface area contributed by atoms with Gasteiger partial charge in [-0.2, -0.15) is 0 Å². The molecule has 1 nitrogen and oxygen atoms in total. The van der Waals surface area contributed by atoms with Crippen molar-refractivity contribution in [1.29, 1.82) is 0 Å². The van der Waals surface area contributed by atoms with Gasteiger partial charge in [0.15, 0.2) is 0 Å². The largest absolute Gasteiger partial charge is 0.299 e. The van der Waals surface area contributed by atoms with Crippen LogP contribution < -0.4 is 0 Å². The van der Waals surface area contributed by atoms with Gasteiger partial charge < -0.3 is 0 Å². The van der Waals surface area contributed by atoms with Gasteiger partial charge in [-0.15, -0.1) is 0 Å². The third kappa shape index (κ3) is 3.67. The standard InChI is InChI=1S/C15H19BrO/c16-14-10-3-1-6-12(14)8-5-9-13-7-2-4-11-15(13)17/h1,3,6,10,13H,2,4-5,7-9,11H2. The number of hydrogen-bond acceptors (Lipinski definition) is 1. The van der Waals surface area contributed by atoms with E-state index in [2.05, 4.69) is 34.1 Å². The zero-order valence-corrected chi connectivity index (χ0v) is 11.7. The summed E-state index contributed by atoms with van der Waals surface area (Å²) in [4.78, 5) is 11.7. The van der Waals surface area contributed by atoms with Crippen molar-refractivity contribution in [3.8, 4) is 0 Å². The van der Waals surface area contributed by atoms with Crippen molar-refractivity contribution >= 4 is 21.7 Å². The van der Waals surface area contributed by atoms with Crippen LogP contribution >= 0.6 is 15.9 Å². The molecule has 0 N–H and O–H groups in total. The molecule has 0 bridgehead atoms. The fourth-order valence-electron chi connectivity index (χ4n) is 2.60. The van der Waals surface area contributed by atoms with Crippen molar-refractivity contribution in [2.75, 3.05) is 0 Å². The van der Waals surface area contributed by atoms with Gasteiger partial charge in [0.05, 0.1) is 0 Å². The average molecular weight is 295 g/mol. The molecule has 0 aromatic heterocycles. The van der Waals surface area contributed by atoms with Crippen molar-refractivity contribution in [1.82, 2.24) is 0 Å². The van der Waals surface area contributed by atoms with Crippen molar-refractivity contribution < 1.29 is 4.79 Å². The Kier molecular flexibility index (Phi) is 4.78. The number of benzene rings is 1. The Morgan fingerprint density at radius 2 is 2.06 bits per heavy atom. The molecule has 1 fully saturated rings. The van der Waals surface area contributed by atoms with E-state index >= 15 is 0 Å². The Morgan fingerprint density at radius 1 is 1.24 bits per heavy atom. The summed E-state index contributed by atoms with van der Waals surface area (Å²) in [6, 6.07) is 8.36. The molecule has 0 radical (unpaired) electrons. The van der Waals surface area contributed by atoms with Gasteiger partial charge in [-0.3, -0.25) is 4.79 Å². The number of hydrogen-bond donors (Lipinski definition) is 0. The fourth-order valence-corrected chi connectivity index (χ4v) is 3.08. The Balaban J connectivity index is 1.79. The molecule has 0 aliphatic heterocycles. The molecule has 2 rings (SSSR count). The van der Waals surface area contributed by atoms with Gasteiger partial charge in [0.1, 0.15) is 5.78 Å². The van der Waals surface area contributed by atoms with Gasteiger partial charge in [0, 0.05) is 16.8 Å². The highest BCUT2D eigenvalue weighted by Gasteiger charge is 2.21. The van der Waals surface area contributed by atoms with Gasteiger partial charge in [-0.05, 0) is 43.7 Å². The Hall–Kier alpha value is -0.630. The first-order chi connectivity index (χ1) is 8.27. The van der Waals surface area contributed by atoms with Crippen LogP contribution in [0.2, 0.25) is 0 Å². The maximum Gasteiger partial charge on any atom is 0.135 e. The zero-order chi connectivity index (χ0) is 12.1. The third-order valence-corrected chi connectivity index (χ3v) is 4.41. The average Bonchev–Trinajstić information content (AvgIpc) is 2.34. The second kappa shape index (κ2) is 6.34.